The Hall–Kier alpha value is -1.90. The van der Waals surface area contributed by atoms with Crippen LogP contribution in [0.5, 0.6) is 0 Å². The third kappa shape index (κ3) is 3.45. The van der Waals surface area contributed by atoms with Crippen molar-refractivity contribution in [1.82, 2.24) is 14.9 Å². The summed E-state index contributed by atoms with van der Waals surface area (Å²) >= 11 is 0. The molecule has 0 saturated heterocycles. The Bertz CT molecular complexity index is 755. The van der Waals surface area contributed by atoms with Crippen LogP contribution in [0.25, 0.3) is 10.9 Å². The highest BCUT2D eigenvalue weighted by Crippen LogP contribution is 2.29. The summed E-state index contributed by atoms with van der Waals surface area (Å²) in [6.45, 7) is 5.85. The average molecular weight is 326 g/mol. The first-order chi connectivity index (χ1) is 11.7. The van der Waals surface area contributed by atoms with Gasteiger partial charge in [-0.15, -0.1) is 0 Å². The molecule has 128 valence electrons. The van der Waals surface area contributed by atoms with Crippen LogP contribution in [0.15, 0.2) is 12.3 Å². The SMILES string of the molecule is CCc1nc(C(C)NC2CC2)cc2c1c(C#N)cn2CCCOC. The van der Waals surface area contributed by atoms with Crippen molar-refractivity contribution < 1.29 is 4.74 Å². The molecule has 0 aromatic carbocycles. The van der Waals surface area contributed by atoms with E-state index in [1.165, 1.54) is 12.8 Å². The minimum Gasteiger partial charge on any atom is -0.385 e. The van der Waals surface area contributed by atoms with Gasteiger partial charge in [-0.05, 0) is 38.7 Å². The molecule has 0 spiro atoms. The monoisotopic (exact) mass is 326 g/mol. The van der Waals surface area contributed by atoms with Gasteiger partial charge < -0.3 is 14.6 Å². The average Bonchev–Trinajstić information content (AvgIpc) is 3.34. The minimum absolute atomic E-state index is 0.236. The lowest BCUT2D eigenvalue weighted by atomic mass is 10.1. The van der Waals surface area contributed by atoms with E-state index < -0.39 is 0 Å². The molecule has 1 fully saturated rings. The van der Waals surface area contributed by atoms with Crippen molar-refractivity contribution in [3.63, 3.8) is 0 Å². The van der Waals surface area contributed by atoms with Crippen molar-refractivity contribution in [3.05, 3.63) is 29.2 Å². The van der Waals surface area contributed by atoms with Gasteiger partial charge in [-0.2, -0.15) is 5.26 Å². The van der Waals surface area contributed by atoms with Crippen molar-refractivity contribution in [3.8, 4) is 6.07 Å². The van der Waals surface area contributed by atoms with Crippen LogP contribution < -0.4 is 5.32 Å². The summed E-state index contributed by atoms with van der Waals surface area (Å²) in [5.74, 6) is 0. The molecule has 0 aliphatic heterocycles. The highest BCUT2D eigenvalue weighted by atomic mass is 16.5. The Labute approximate surface area is 143 Å². The van der Waals surface area contributed by atoms with Gasteiger partial charge in [0.2, 0.25) is 0 Å². The number of aromatic nitrogens is 2. The highest BCUT2D eigenvalue weighted by molar-refractivity contribution is 5.89. The molecule has 2 aromatic heterocycles. The second-order valence-electron chi connectivity index (χ2n) is 6.60. The van der Waals surface area contributed by atoms with E-state index in [0.29, 0.717) is 6.04 Å². The van der Waals surface area contributed by atoms with Crippen LogP contribution in [0.3, 0.4) is 0 Å². The molecule has 5 nitrogen and oxygen atoms in total. The molecular formula is C19H26N4O. The van der Waals surface area contributed by atoms with Crippen molar-refractivity contribution >= 4 is 10.9 Å². The first-order valence-corrected chi connectivity index (χ1v) is 8.85. The Balaban J connectivity index is 2.02. The van der Waals surface area contributed by atoms with Crippen LogP contribution in [-0.4, -0.2) is 29.3 Å². The zero-order chi connectivity index (χ0) is 17.1. The number of hydrogen-bond donors (Lipinski definition) is 1. The summed E-state index contributed by atoms with van der Waals surface area (Å²) in [6, 6.07) is 5.37. The Kier molecular flexibility index (Phi) is 5.17. The lowest BCUT2D eigenvalue weighted by Crippen LogP contribution is -2.22. The molecule has 3 rings (SSSR count). The maximum absolute atomic E-state index is 9.52. The normalized spacial score (nSPS) is 15.6. The second-order valence-corrected chi connectivity index (χ2v) is 6.60. The first kappa shape index (κ1) is 16.9. The summed E-state index contributed by atoms with van der Waals surface area (Å²) in [5, 5.41) is 14.2. The Morgan fingerprint density at radius 3 is 2.92 bits per heavy atom. The van der Waals surface area contributed by atoms with Crippen molar-refractivity contribution in [1.29, 1.82) is 5.26 Å². The van der Waals surface area contributed by atoms with E-state index in [9.17, 15) is 5.26 Å². The van der Waals surface area contributed by atoms with Gasteiger partial charge in [0.25, 0.3) is 0 Å². The topological polar surface area (TPSA) is 62.9 Å². The van der Waals surface area contributed by atoms with Crippen LogP contribution >= 0.6 is 0 Å². The quantitative estimate of drug-likeness (QED) is 0.756. The van der Waals surface area contributed by atoms with Gasteiger partial charge in [0, 0.05) is 43.9 Å². The van der Waals surface area contributed by atoms with Gasteiger partial charge in [-0.3, -0.25) is 4.98 Å². The molecule has 1 atom stereocenters. The van der Waals surface area contributed by atoms with E-state index >= 15 is 0 Å². The van der Waals surface area contributed by atoms with Gasteiger partial charge in [-0.25, -0.2) is 0 Å². The zero-order valence-electron chi connectivity index (χ0n) is 14.8. The molecule has 5 heteroatoms. The predicted molar refractivity (Wildman–Crippen MR) is 94.9 cm³/mol. The first-order valence-electron chi connectivity index (χ1n) is 8.85. The largest absolute Gasteiger partial charge is 0.385 e. The number of fused-ring (bicyclic) bond motifs is 1. The number of nitriles is 1. The minimum atomic E-state index is 0.236. The van der Waals surface area contributed by atoms with Crippen LogP contribution in [0.4, 0.5) is 0 Å². The number of rotatable bonds is 8. The number of pyridine rings is 1. The van der Waals surface area contributed by atoms with E-state index in [4.69, 9.17) is 9.72 Å². The summed E-state index contributed by atoms with van der Waals surface area (Å²) in [7, 11) is 1.72. The van der Waals surface area contributed by atoms with Gasteiger partial charge in [0.05, 0.1) is 22.5 Å². The molecule has 1 N–H and O–H groups in total. The van der Waals surface area contributed by atoms with Crippen LogP contribution in [-0.2, 0) is 17.7 Å². The number of nitrogens with one attached hydrogen (secondary N) is 1. The molecule has 1 unspecified atom stereocenters. The lowest BCUT2D eigenvalue weighted by molar-refractivity contribution is 0.190. The fraction of sp³-hybridized carbons (Fsp3) is 0.579. The van der Waals surface area contributed by atoms with E-state index in [-0.39, 0.29) is 6.04 Å². The Morgan fingerprint density at radius 1 is 1.50 bits per heavy atom. The fourth-order valence-electron chi connectivity index (χ4n) is 3.23. The fourth-order valence-corrected chi connectivity index (χ4v) is 3.23. The van der Waals surface area contributed by atoms with Crippen LogP contribution in [0, 0.1) is 11.3 Å². The summed E-state index contributed by atoms with van der Waals surface area (Å²) in [5.41, 5.74) is 3.94. The van der Waals surface area contributed by atoms with Crippen molar-refractivity contribution in [2.75, 3.05) is 13.7 Å². The summed E-state index contributed by atoms with van der Waals surface area (Å²) in [6.07, 6.45) is 6.25. The van der Waals surface area contributed by atoms with Crippen LogP contribution in [0.2, 0.25) is 0 Å². The predicted octanol–water partition coefficient (Wildman–Crippen LogP) is 3.32. The smallest absolute Gasteiger partial charge is 0.101 e. The molecule has 1 saturated carbocycles. The third-order valence-corrected chi connectivity index (χ3v) is 4.67. The van der Waals surface area contributed by atoms with E-state index in [1.807, 2.05) is 6.20 Å². The van der Waals surface area contributed by atoms with Gasteiger partial charge in [0.15, 0.2) is 0 Å². The lowest BCUT2D eigenvalue weighted by Gasteiger charge is -2.15. The Morgan fingerprint density at radius 2 is 2.29 bits per heavy atom. The summed E-state index contributed by atoms with van der Waals surface area (Å²) < 4.78 is 7.35. The van der Waals surface area contributed by atoms with Gasteiger partial charge in [-0.1, -0.05) is 6.92 Å². The zero-order valence-corrected chi connectivity index (χ0v) is 14.8. The molecule has 1 aliphatic carbocycles. The highest BCUT2D eigenvalue weighted by Gasteiger charge is 2.25. The van der Waals surface area contributed by atoms with E-state index in [2.05, 4.69) is 35.9 Å². The molecule has 0 bridgehead atoms. The van der Waals surface area contributed by atoms with E-state index in [1.54, 1.807) is 7.11 Å². The molecule has 0 radical (unpaired) electrons. The van der Waals surface area contributed by atoms with Gasteiger partial charge in [0.1, 0.15) is 6.07 Å². The molecule has 2 aromatic rings. The molecule has 1 aliphatic rings. The number of hydrogen-bond acceptors (Lipinski definition) is 4. The molecule has 24 heavy (non-hydrogen) atoms. The third-order valence-electron chi connectivity index (χ3n) is 4.67. The number of methoxy groups -OCH3 is 1. The van der Waals surface area contributed by atoms with Gasteiger partial charge >= 0.3 is 0 Å². The summed E-state index contributed by atoms with van der Waals surface area (Å²) in [4.78, 5) is 4.87. The molecule has 0 amide bonds. The van der Waals surface area contributed by atoms with E-state index in [0.717, 1.165) is 53.8 Å². The standard InChI is InChI=1S/C19H26N4O/c1-4-16-19-14(11-20)12-23(8-5-9-24-3)18(19)10-17(22-16)13(2)21-15-6-7-15/h10,12-13,15,21H,4-9H2,1-3H3. The maximum atomic E-state index is 9.52. The molecular weight excluding hydrogens is 300 g/mol. The maximum Gasteiger partial charge on any atom is 0.101 e. The van der Waals surface area contributed by atoms with Crippen LogP contribution in [0.1, 0.15) is 56.1 Å². The number of nitrogens with zero attached hydrogens (tertiary/aromatic N) is 3. The van der Waals surface area contributed by atoms with Crippen molar-refractivity contribution in [2.45, 2.75) is 58.2 Å². The second kappa shape index (κ2) is 7.33. The van der Waals surface area contributed by atoms with Crippen molar-refractivity contribution in [2.24, 2.45) is 0 Å². The number of aryl methyl sites for hydroxylation is 2. The molecule has 2 heterocycles. The number of ether oxygens (including phenoxy) is 1.